The average Bonchev–Trinajstić information content (AvgIpc) is 2.38. The van der Waals surface area contributed by atoms with E-state index in [1.54, 1.807) is 18.2 Å². The van der Waals surface area contributed by atoms with Gasteiger partial charge in [-0.05, 0) is 5.56 Å². The summed E-state index contributed by atoms with van der Waals surface area (Å²) in [6, 6.07) is 7.90. The molecule has 1 fully saturated rings. The zero-order valence-corrected chi connectivity index (χ0v) is 10.2. The van der Waals surface area contributed by atoms with Crippen LogP contribution in [0, 0.1) is 5.92 Å². The highest BCUT2D eigenvalue weighted by molar-refractivity contribution is 5.94. The van der Waals surface area contributed by atoms with Gasteiger partial charge in [0.1, 0.15) is 12.2 Å². The first kappa shape index (κ1) is 14.5. The number of rotatable bonds is 2. The molecule has 0 aliphatic carbocycles. The number of aliphatic hydroxyl groups is 1. The average molecular weight is 287 g/mol. The summed E-state index contributed by atoms with van der Waals surface area (Å²) in [6.45, 7) is 0. The number of carbonyl (C=O) groups is 2. The quantitative estimate of drug-likeness (QED) is 0.637. The molecule has 0 bridgehead atoms. The molecule has 1 aromatic carbocycles. The maximum Gasteiger partial charge on any atom is 0.436 e. The lowest BCUT2D eigenvalue weighted by Gasteiger charge is -2.40. The number of carbonyl (C=O) groups excluding carboxylic acids is 2. The molecule has 0 saturated carbocycles. The van der Waals surface area contributed by atoms with Gasteiger partial charge in [0.25, 0.3) is 0 Å². The SMILES string of the molecule is O=C[C@H]1C(=O)N[C@@](O)(C(F)(F)F)C[C@H]1c1ccccc1. The molecule has 108 valence electrons. The van der Waals surface area contributed by atoms with Crippen molar-refractivity contribution < 1.29 is 27.9 Å². The summed E-state index contributed by atoms with van der Waals surface area (Å²) >= 11 is 0. The van der Waals surface area contributed by atoms with Crippen LogP contribution in [0.4, 0.5) is 13.2 Å². The maximum absolute atomic E-state index is 12.9. The normalized spacial score (nSPS) is 30.7. The molecule has 2 N–H and O–H groups in total. The number of aldehydes is 1. The van der Waals surface area contributed by atoms with Crippen LogP contribution in [-0.2, 0) is 9.59 Å². The molecule has 1 amide bonds. The van der Waals surface area contributed by atoms with Crippen LogP contribution in [0.3, 0.4) is 0 Å². The molecule has 0 radical (unpaired) electrons. The van der Waals surface area contributed by atoms with Crippen molar-refractivity contribution in [1.82, 2.24) is 5.32 Å². The van der Waals surface area contributed by atoms with Gasteiger partial charge >= 0.3 is 6.18 Å². The summed E-state index contributed by atoms with van der Waals surface area (Å²) in [4.78, 5) is 22.7. The number of nitrogens with one attached hydrogen (secondary N) is 1. The topological polar surface area (TPSA) is 66.4 Å². The third-order valence-corrected chi connectivity index (χ3v) is 3.42. The largest absolute Gasteiger partial charge is 0.436 e. The van der Waals surface area contributed by atoms with Crippen LogP contribution in [-0.4, -0.2) is 29.2 Å². The zero-order valence-electron chi connectivity index (χ0n) is 10.2. The van der Waals surface area contributed by atoms with Crippen molar-refractivity contribution in [2.75, 3.05) is 0 Å². The molecule has 7 heteroatoms. The molecule has 4 nitrogen and oxygen atoms in total. The first-order valence-electron chi connectivity index (χ1n) is 5.90. The minimum absolute atomic E-state index is 0.308. The van der Waals surface area contributed by atoms with Crippen molar-refractivity contribution in [1.29, 1.82) is 0 Å². The fourth-order valence-corrected chi connectivity index (χ4v) is 2.33. The lowest BCUT2D eigenvalue weighted by molar-refractivity contribution is -0.280. The smallest absolute Gasteiger partial charge is 0.363 e. The molecule has 20 heavy (non-hydrogen) atoms. The Morgan fingerprint density at radius 2 is 1.90 bits per heavy atom. The Labute approximate surface area is 112 Å². The summed E-state index contributed by atoms with van der Waals surface area (Å²) in [5.41, 5.74) is -2.91. The van der Waals surface area contributed by atoms with E-state index < -0.39 is 36.1 Å². The Morgan fingerprint density at radius 1 is 1.30 bits per heavy atom. The molecule has 2 rings (SSSR count). The van der Waals surface area contributed by atoms with Crippen LogP contribution >= 0.6 is 0 Å². The second-order valence-electron chi connectivity index (χ2n) is 4.73. The molecule has 1 aliphatic heterocycles. The summed E-state index contributed by atoms with van der Waals surface area (Å²) in [5.74, 6) is -3.39. The van der Waals surface area contributed by atoms with Crippen LogP contribution in [0.2, 0.25) is 0 Å². The van der Waals surface area contributed by atoms with Crippen LogP contribution < -0.4 is 5.32 Å². The Morgan fingerprint density at radius 3 is 2.40 bits per heavy atom. The van der Waals surface area contributed by atoms with Gasteiger partial charge in [0.15, 0.2) is 0 Å². The number of alkyl halides is 3. The predicted molar refractivity (Wildman–Crippen MR) is 62.5 cm³/mol. The van der Waals surface area contributed by atoms with Gasteiger partial charge in [0.2, 0.25) is 11.6 Å². The van der Waals surface area contributed by atoms with E-state index in [0.717, 1.165) is 0 Å². The standard InChI is InChI=1S/C13H12F3NO3/c14-13(15,16)12(20)6-9(8-4-2-1-3-5-8)10(7-18)11(19)17-12/h1-5,7,9-10,20H,6H2,(H,17,19)/t9-,10+,12-/m0/s1. The van der Waals surface area contributed by atoms with Gasteiger partial charge in [-0.2, -0.15) is 13.2 Å². The summed E-state index contributed by atoms with van der Waals surface area (Å²) in [7, 11) is 0. The summed E-state index contributed by atoms with van der Waals surface area (Å²) in [5, 5.41) is 11.1. The lowest BCUT2D eigenvalue weighted by atomic mass is 9.77. The Bertz CT molecular complexity index is 517. The number of piperidine rings is 1. The van der Waals surface area contributed by atoms with Crippen LogP contribution in [0.15, 0.2) is 30.3 Å². The van der Waals surface area contributed by atoms with E-state index >= 15 is 0 Å². The predicted octanol–water partition coefficient (Wildman–Crippen LogP) is 1.36. The number of hydrogen-bond donors (Lipinski definition) is 2. The van der Waals surface area contributed by atoms with Crippen molar-refractivity contribution in [3.63, 3.8) is 0 Å². The Balaban J connectivity index is 2.42. The first-order valence-corrected chi connectivity index (χ1v) is 5.90. The molecule has 0 aromatic heterocycles. The Hall–Kier alpha value is -1.89. The summed E-state index contributed by atoms with van der Waals surface area (Å²) in [6.07, 6.45) is -5.50. The minimum Gasteiger partial charge on any atom is -0.363 e. The van der Waals surface area contributed by atoms with Crippen LogP contribution in [0.1, 0.15) is 17.9 Å². The fourth-order valence-electron chi connectivity index (χ4n) is 2.33. The zero-order chi connectivity index (χ0) is 15.0. The van der Waals surface area contributed by atoms with E-state index in [9.17, 15) is 27.9 Å². The Kier molecular flexibility index (Phi) is 3.56. The second-order valence-corrected chi connectivity index (χ2v) is 4.73. The van der Waals surface area contributed by atoms with E-state index in [2.05, 4.69) is 0 Å². The highest BCUT2D eigenvalue weighted by atomic mass is 19.4. The van der Waals surface area contributed by atoms with Crippen molar-refractivity contribution in [2.45, 2.75) is 24.2 Å². The molecule has 0 spiro atoms. The van der Waals surface area contributed by atoms with E-state index in [1.165, 1.54) is 17.4 Å². The summed E-state index contributed by atoms with van der Waals surface area (Å²) < 4.78 is 38.6. The third-order valence-electron chi connectivity index (χ3n) is 3.42. The monoisotopic (exact) mass is 287 g/mol. The van der Waals surface area contributed by atoms with Crippen LogP contribution in [0.25, 0.3) is 0 Å². The van der Waals surface area contributed by atoms with E-state index in [0.29, 0.717) is 11.8 Å². The third kappa shape index (κ3) is 2.40. The van der Waals surface area contributed by atoms with Gasteiger partial charge < -0.3 is 15.2 Å². The lowest BCUT2D eigenvalue weighted by Crippen LogP contribution is -2.64. The number of halogens is 3. The molecule has 1 aliphatic rings. The molecular formula is C13H12F3NO3. The van der Waals surface area contributed by atoms with Gasteiger partial charge in [-0.1, -0.05) is 30.3 Å². The van der Waals surface area contributed by atoms with E-state index in [-0.39, 0.29) is 0 Å². The number of amides is 1. The highest BCUT2D eigenvalue weighted by Gasteiger charge is 2.60. The maximum atomic E-state index is 12.9. The van der Waals surface area contributed by atoms with Crippen molar-refractivity contribution in [3.8, 4) is 0 Å². The molecule has 3 atom stereocenters. The van der Waals surface area contributed by atoms with Crippen molar-refractivity contribution in [2.24, 2.45) is 5.92 Å². The second kappa shape index (κ2) is 4.90. The van der Waals surface area contributed by atoms with Gasteiger partial charge in [0, 0.05) is 12.3 Å². The molecule has 1 aromatic rings. The van der Waals surface area contributed by atoms with Gasteiger partial charge in [0.05, 0.1) is 0 Å². The van der Waals surface area contributed by atoms with Gasteiger partial charge in [-0.3, -0.25) is 4.79 Å². The van der Waals surface area contributed by atoms with E-state index in [1.807, 2.05) is 0 Å². The fraction of sp³-hybridized carbons (Fsp3) is 0.385. The van der Waals surface area contributed by atoms with Crippen molar-refractivity contribution in [3.05, 3.63) is 35.9 Å². The minimum atomic E-state index is -5.01. The molecule has 1 saturated heterocycles. The van der Waals surface area contributed by atoms with Crippen molar-refractivity contribution >= 4 is 12.2 Å². The highest BCUT2D eigenvalue weighted by Crippen LogP contribution is 2.42. The molecular weight excluding hydrogens is 275 g/mol. The molecule has 0 unspecified atom stereocenters. The first-order chi connectivity index (χ1) is 9.28. The van der Waals surface area contributed by atoms with Gasteiger partial charge in [-0.25, -0.2) is 0 Å². The van der Waals surface area contributed by atoms with Crippen LogP contribution in [0.5, 0.6) is 0 Å². The van der Waals surface area contributed by atoms with E-state index in [4.69, 9.17) is 0 Å². The van der Waals surface area contributed by atoms with Gasteiger partial charge in [-0.15, -0.1) is 0 Å². The number of hydrogen-bond acceptors (Lipinski definition) is 3. The number of benzene rings is 1. The molecule has 1 heterocycles.